The standard InChI is InChI=1S/C18H15P.C10H10.2ClH.Ru/c1-4-10-16(11-5-1)19(17-12-6-2-7-13-17)18-14-8-3-9-15-18;1-8(2)10-6-4-9(3)5-7-10;;;/h1-15H;8H,1-3H3;2*1H;/q;;;;+1/p+1. The summed E-state index contributed by atoms with van der Waals surface area (Å²) in [4.78, 5) is 0. The zero-order valence-corrected chi connectivity index (χ0v) is 22.6. The van der Waals surface area contributed by atoms with E-state index in [9.17, 15) is 0 Å². The maximum absolute atomic E-state index is 3.02. The zero-order valence-electron chi connectivity index (χ0n) is 20.3. The second kappa shape index (κ2) is 15.9. The van der Waals surface area contributed by atoms with E-state index >= 15 is 0 Å². The maximum Gasteiger partial charge on any atom is 1.00 e. The average molecular weight is 567 g/mol. The number of allylic oxidation sites excluding steroid dienone is 2. The molecule has 0 unspecified atom stereocenters. The molecule has 0 aliphatic heterocycles. The minimum atomic E-state index is -0.877. The SMILES string of the molecule is CC1=C=C=C(C(C)C)C#C1.[Cl-].[Cl-].[H+].[H+].[Ru+].c1ccc([PH+](c2ccccc2)c2ccccc2)cc1. The Bertz CT molecular complexity index is 1020. The van der Waals surface area contributed by atoms with E-state index in [4.69, 9.17) is 0 Å². The van der Waals surface area contributed by atoms with Crippen LogP contribution in [-0.2, 0) is 19.5 Å². The van der Waals surface area contributed by atoms with Crippen LogP contribution in [0.4, 0.5) is 0 Å². The molecule has 3 aromatic rings. The summed E-state index contributed by atoms with van der Waals surface area (Å²) in [6.45, 7) is 6.16. The van der Waals surface area contributed by atoms with Gasteiger partial charge in [-0.1, -0.05) is 91.7 Å². The first-order valence-electron chi connectivity index (χ1n) is 9.93. The van der Waals surface area contributed by atoms with Crippen LogP contribution in [-0.4, -0.2) is 0 Å². The summed E-state index contributed by atoms with van der Waals surface area (Å²) < 4.78 is 0. The summed E-state index contributed by atoms with van der Waals surface area (Å²) in [6.07, 6.45) is 0. The van der Waals surface area contributed by atoms with Crippen LogP contribution in [0.15, 0.2) is 114 Å². The largest absolute Gasteiger partial charge is 1.00 e. The van der Waals surface area contributed by atoms with Gasteiger partial charge in [0.05, 0.1) is 13.5 Å². The summed E-state index contributed by atoms with van der Waals surface area (Å²) in [5.41, 5.74) is 8.03. The van der Waals surface area contributed by atoms with Gasteiger partial charge in [-0.2, -0.15) is 0 Å². The van der Waals surface area contributed by atoms with Gasteiger partial charge in [0.1, 0.15) is 15.9 Å². The fourth-order valence-corrected chi connectivity index (χ4v) is 5.57. The molecule has 0 saturated carbocycles. The molecule has 4 rings (SSSR count). The maximum atomic E-state index is 3.02. The van der Waals surface area contributed by atoms with Crippen molar-refractivity contribution in [1.29, 1.82) is 0 Å². The van der Waals surface area contributed by atoms with Crippen molar-refractivity contribution in [1.82, 2.24) is 0 Å². The molecule has 1 aliphatic rings. The fourth-order valence-electron chi connectivity index (χ4n) is 2.99. The van der Waals surface area contributed by atoms with Gasteiger partial charge in [-0.3, -0.25) is 0 Å². The molecule has 0 saturated heterocycles. The molecule has 165 valence electrons. The first-order valence-corrected chi connectivity index (χ1v) is 11.4. The van der Waals surface area contributed by atoms with E-state index in [1.165, 1.54) is 15.9 Å². The van der Waals surface area contributed by atoms with Crippen molar-refractivity contribution in [3.8, 4) is 11.8 Å². The molecule has 1 radical (unpaired) electrons. The monoisotopic (exact) mass is 567 g/mol. The van der Waals surface area contributed by atoms with Crippen LogP contribution in [0, 0.1) is 17.8 Å². The molecule has 0 spiro atoms. The van der Waals surface area contributed by atoms with Crippen molar-refractivity contribution in [2.45, 2.75) is 20.8 Å². The molecular weight excluding hydrogens is 539 g/mol. The van der Waals surface area contributed by atoms with Crippen LogP contribution in [0.5, 0.6) is 0 Å². The Balaban J connectivity index is -0.000000563. The van der Waals surface area contributed by atoms with E-state index < -0.39 is 7.92 Å². The Labute approximate surface area is 222 Å². The third-order valence-corrected chi connectivity index (χ3v) is 7.27. The second-order valence-corrected chi connectivity index (χ2v) is 9.65. The first kappa shape index (κ1) is 30.2. The van der Waals surface area contributed by atoms with E-state index in [-0.39, 0.29) is 47.1 Å². The molecular formula is C28H28Cl2PRu+2. The number of halogens is 2. The van der Waals surface area contributed by atoms with Gasteiger partial charge in [0.15, 0.2) is 0 Å². The first-order chi connectivity index (χ1) is 14.1. The number of benzene rings is 3. The van der Waals surface area contributed by atoms with Gasteiger partial charge in [0.25, 0.3) is 0 Å². The molecule has 0 atom stereocenters. The van der Waals surface area contributed by atoms with E-state index in [1.807, 2.05) is 6.92 Å². The van der Waals surface area contributed by atoms with Crippen molar-refractivity contribution < 1.29 is 47.1 Å². The Morgan fingerprint density at radius 1 is 0.625 bits per heavy atom. The van der Waals surface area contributed by atoms with E-state index in [1.54, 1.807) is 0 Å². The molecule has 4 heteroatoms. The number of hydrogen-bond donors (Lipinski definition) is 0. The van der Waals surface area contributed by atoms with Crippen LogP contribution >= 0.6 is 7.92 Å². The Morgan fingerprint density at radius 3 is 1.28 bits per heavy atom. The van der Waals surface area contributed by atoms with Gasteiger partial charge < -0.3 is 24.8 Å². The van der Waals surface area contributed by atoms with E-state index in [0.717, 1.165) is 11.1 Å². The van der Waals surface area contributed by atoms with Gasteiger partial charge in [0, 0.05) is 5.57 Å². The zero-order chi connectivity index (χ0) is 20.5. The fraction of sp³-hybridized carbons (Fsp3) is 0.143. The molecule has 1 aliphatic carbocycles. The second-order valence-electron chi connectivity index (χ2n) is 7.17. The molecule has 0 aromatic heterocycles. The van der Waals surface area contributed by atoms with Crippen LogP contribution in [0.1, 0.15) is 23.6 Å². The number of rotatable bonds is 4. The third-order valence-electron chi connectivity index (χ3n) is 4.53. The molecule has 0 N–H and O–H groups in total. The predicted octanol–water partition coefficient (Wildman–Crippen LogP) is -0.306. The van der Waals surface area contributed by atoms with Crippen molar-refractivity contribution in [2.75, 3.05) is 0 Å². The van der Waals surface area contributed by atoms with Crippen LogP contribution in [0.3, 0.4) is 0 Å². The molecule has 0 bridgehead atoms. The van der Waals surface area contributed by atoms with Gasteiger partial charge in [-0.25, -0.2) is 0 Å². The minimum absolute atomic E-state index is 0. The summed E-state index contributed by atoms with van der Waals surface area (Å²) >= 11 is 0. The molecule has 0 nitrogen and oxygen atoms in total. The van der Waals surface area contributed by atoms with Crippen molar-refractivity contribution in [3.05, 3.63) is 114 Å². The Hall–Kier alpha value is -1.85. The predicted molar refractivity (Wildman–Crippen MR) is 131 cm³/mol. The van der Waals surface area contributed by atoms with Gasteiger partial charge in [-0.05, 0) is 49.2 Å². The molecule has 0 fully saturated rings. The minimum Gasteiger partial charge on any atom is -1.00 e. The molecule has 0 amide bonds. The normalized spacial score (nSPS) is 10.7. The third kappa shape index (κ3) is 8.95. The topological polar surface area (TPSA) is 0 Å². The average Bonchev–Trinajstić information content (AvgIpc) is 2.77. The molecule has 3 aromatic carbocycles. The quantitative estimate of drug-likeness (QED) is 0.176. The van der Waals surface area contributed by atoms with Gasteiger partial charge in [0.2, 0.25) is 0 Å². The van der Waals surface area contributed by atoms with E-state index in [2.05, 4.69) is 128 Å². The molecule has 32 heavy (non-hydrogen) atoms. The van der Waals surface area contributed by atoms with Gasteiger partial charge in [-0.15, -0.1) is 0 Å². The van der Waals surface area contributed by atoms with Crippen molar-refractivity contribution in [3.63, 3.8) is 0 Å². The van der Waals surface area contributed by atoms with Gasteiger partial charge >= 0.3 is 22.3 Å². The summed E-state index contributed by atoms with van der Waals surface area (Å²) in [5, 5.41) is 4.31. The Morgan fingerprint density at radius 2 is 1.00 bits per heavy atom. The summed E-state index contributed by atoms with van der Waals surface area (Å²) in [5.74, 6) is 6.47. The smallest absolute Gasteiger partial charge is 1.00 e. The van der Waals surface area contributed by atoms with Crippen molar-refractivity contribution >= 4 is 23.8 Å². The van der Waals surface area contributed by atoms with Crippen molar-refractivity contribution in [2.24, 2.45) is 5.92 Å². The van der Waals surface area contributed by atoms with Crippen LogP contribution in [0.2, 0.25) is 0 Å². The summed E-state index contributed by atoms with van der Waals surface area (Å²) in [7, 11) is -0.877. The van der Waals surface area contributed by atoms with Crippen LogP contribution < -0.4 is 40.7 Å². The summed E-state index contributed by atoms with van der Waals surface area (Å²) in [6, 6.07) is 32.5. The van der Waals surface area contributed by atoms with E-state index in [0.29, 0.717) is 5.92 Å². The number of hydrogen-bond acceptors (Lipinski definition) is 0. The Kier molecular flexibility index (Phi) is 15.0. The molecule has 0 heterocycles. The van der Waals surface area contributed by atoms with Crippen LogP contribution in [0.25, 0.3) is 0 Å².